The van der Waals surface area contributed by atoms with Gasteiger partial charge in [0.15, 0.2) is 0 Å². The zero-order chi connectivity index (χ0) is 18.8. The molecular weight excluding hydrogens is 332 g/mol. The van der Waals surface area contributed by atoms with Crippen LogP contribution in [0.4, 0.5) is 11.4 Å². The number of carboxylic acid groups (broad SMARTS) is 1. The van der Waals surface area contributed by atoms with E-state index < -0.39 is 16.8 Å². The summed E-state index contributed by atoms with van der Waals surface area (Å²) in [4.78, 5) is 32.4. The average molecular weight is 348 g/mol. The van der Waals surface area contributed by atoms with Gasteiger partial charge in [-0.25, -0.2) is 0 Å². The molecule has 0 radical (unpaired) electrons. The third-order valence-electron chi connectivity index (χ3n) is 2.99. The lowest BCUT2D eigenvalue weighted by Gasteiger charge is -2.08. The standard InChI is InChI=1S/C15H16N4O6/c1-25-13-7-11(19(23)24)4-5-12(13)18-9-10(8-16)15(22)17-6-2-3-14(20)21/h4-5,7,9,18H,2-3,6H2,1H3,(H,17,22)(H,20,21)/b10-9-. The molecule has 3 N–H and O–H groups in total. The fourth-order valence-corrected chi connectivity index (χ4v) is 1.75. The number of ether oxygens (including phenoxy) is 1. The van der Waals surface area contributed by atoms with Crippen LogP contribution in [0.2, 0.25) is 0 Å². The maximum Gasteiger partial charge on any atom is 0.303 e. The molecule has 132 valence electrons. The SMILES string of the molecule is COc1cc([N+](=O)[O-])ccc1N/C=C(/C#N)C(=O)NCCCC(=O)O. The van der Waals surface area contributed by atoms with Crippen molar-refractivity contribution >= 4 is 23.3 Å². The summed E-state index contributed by atoms with van der Waals surface area (Å²) < 4.78 is 5.03. The van der Waals surface area contributed by atoms with Crippen LogP contribution < -0.4 is 15.4 Å². The summed E-state index contributed by atoms with van der Waals surface area (Å²) >= 11 is 0. The van der Waals surface area contributed by atoms with Gasteiger partial charge in [0.25, 0.3) is 11.6 Å². The van der Waals surface area contributed by atoms with Gasteiger partial charge in [0.2, 0.25) is 0 Å². The number of aliphatic carboxylic acids is 1. The summed E-state index contributed by atoms with van der Waals surface area (Å²) in [6.45, 7) is 0.116. The Bertz CT molecular complexity index is 738. The summed E-state index contributed by atoms with van der Waals surface area (Å²) in [6, 6.07) is 5.54. The molecule has 1 aromatic carbocycles. The number of nitrogens with one attached hydrogen (secondary N) is 2. The van der Waals surface area contributed by atoms with Crippen molar-refractivity contribution in [3.8, 4) is 11.8 Å². The minimum Gasteiger partial charge on any atom is -0.494 e. The second kappa shape index (κ2) is 9.51. The number of carbonyl (C=O) groups excluding carboxylic acids is 1. The third kappa shape index (κ3) is 6.19. The first-order valence-electron chi connectivity index (χ1n) is 7.08. The predicted molar refractivity (Wildman–Crippen MR) is 86.8 cm³/mol. The number of benzene rings is 1. The van der Waals surface area contributed by atoms with E-state index >= 15 is 0 Å². The van der Waals surface area contributed by atoms with Gasteiger partial charge in [-0.05, 0) is 12.5 Å². The van der Waals surface area contributed by atoms with Crippen LogP contribution in [0.25, 0.3) is 0 Å². The van der Waals surface area contributed by atoms with E-state index in [9.17, 15) is 19.7 Å². The lowest BCUT2D eigenvalue weighted by molar-refractivity contribution is -0.384. The Morgan fingerprint density at radius 2 is 2.20 bits per heavy atom. The Kier molecular flexibility index (Phi) is 7.39. The van der Waals surface area contributed by atoms with Gasteiger partial charge in [0.05, 0.1) is 23.8 Å². The van der Waals surface area contributed by atoms with Crippen molar-refractivity contribution in [2.45, 2.75) is 12.8 Å². The van der Waals surface area contributed by atoms with Gasteiger partial charge < -0.3 is 20.5 Å². The number of non-ortho nitro benzene ring substituents is 1. The summed E-state index contributed by atoms with van der Waals surface area (Å²) in [5.41, 5.74) is -0.0710. The maximum absolute atomic E-state index is 11.8. The lowest BCUT2D eigenvalue weighted by atomic mass is 10.2. The third-order valence-corrected chi connectivity index (χ3v) is 2.99. The highest BCUT2D eigenvalue weighted by Gasteiger charge is 2.12. The van der Waals surface area contributed by atoms with Crippen molar-refractivity contribution in [2.75, 3.05) is 19.0 Å². The minimum atomic E-state index is -0.975. The number of methoxy groups -OCH3 is 1. The number of nitro groups is 1. The van der Waals surface area contributed by atoms with Crippen LogP contribution in [0.1, 0.15) is 12.8 Å². The van der Waals surface area contributed by atoms with Crippen molar-refractivity contribution in [2.24, 2.45) is 0 Å². The number of nitro benzene ring substituents is 1. The van der Waals surface area contributed by atoms with E-state index in [0.29, 0.717) is 5.69 Å². The average Bonchev–Trinajstić information content (AvgIpc) is 2.58. The van der Waals surface area contributed by atoms with Gasteiger partial charge in [0.1, 0.15) is 17.4 Å². The molecule has 10 heteroatoms. The van der Waals surface area contributed by atoms with Crippen LogP contribution in [0, 0.1) is 21.4 Å². The topological polar surface area (TPSA) is 155 Å². The van der Waals surface area contributed by atoms with Gasteiger partial charge in [0, 0.05) is 25.2 Å². The van der Waals surface area contributed by atoms with Crippen molar-refractivity contribution < 1.29 is 24.4 Å². The van der Waals surface area contributed by atoms with Crippen LogP contribution in [-0.2, 0) is 9.59 Å². The molecule has 0 unspecified atom stereocenters. The molecule has 1 aromatic rings. The summed E-state index contributed by atoms with van der Waals surface area (Å²) in [5, 5.41) is 33.4. The highest BCUT2D eigenvalue weighted by molar-refractivity contribution is 5.97. The highest BCUT2D eigenvalue weighted by Crippen LogP contribution is 2.29. The molecule has 0 aliphatic carbocycles. The van der Waals surface area contributed by atoms with Crippen molar-refractivity contribution in [3.05, 3.63) is 40.1 Å². The zero-order valence-electron chi connectivity index (χ0n) is 13.3. The Labute approximate surface area is 142 Å². The van der Waals surface area contributed by atoms with E-state index in [1.54, 1.807) is 6.07 Å². The first kappa shape index (κ1) is 19.4. The molecule has 1 rings (SSSR count). The predicted octanol–water partition coefficient (Wildman–Crippen LogP) is 1.40. The van der Waals surface area contributed by atoms with E-state index in [1.165, 1.54) is 25.3 Å². The zero-order valence-corrected chi connectivity index (χ0v) is 13.3. The molecule has 0 aliphatic heterocycles. The maximum atomic E-state index is 11.8. The minimum absolute atomic E-state index is 0.0931. The molecule has 0 heterocycles. The van der Waals surface area contributed by atoms with Crippen LogP contribution >= 0.6 is 0 Å². The van der Waals surface area contributed by atoms with Crippen molar-refractivity contribution in [1.29, 1.82) is 5.26 Å². The van der Waals surface area contributed by atoms with Crippen LogP contribution in [0.5, 0.6) is 5.75 Å². The molecule has 0 aromatic heterocycles. The van der Waals surface area contributed by atoms with Gasteiger partial charge in [-0.1, -0.05) is 0 Å². The molecule has 0 saturated carbocycles. The van der Waals surface area contributed by atoms with Gasteiger partial charge >= 0.3 is 5.97 Å². The van der Waals surface area contributed by atoms with Crippen molar-refractivity contribution in [3.63, 3.8) is 0 Å². The highest BCUT2D eigenvalue weighted by atomic mass is 16.6. The molecule has 1 amide bonds. The van der Waals surface area contributed by atoms with Gasteiger partial charge in [-0.15, -0.1) is 0 Å². The number of anilines is 1. The van der Waals surface area contributed by atoms with Gasteiger partial charge in [-0.2, -0.15) is 5.26 Å². The fourth-order valence-electron chi connectivity index (χ4n) is 1.75. The van der Waals surface area contributed by atoms with E-state index in [2.05, 4.69) is 10.6 Å². The molecular formula is C15H16N4O6. The molecule has 0 spiro atoms. The van der Waals surface area contributed by atoms with Crippen molar-refractivity contribution in [1.82, 2.24) is 5.32 Å². The summed E-state index contributed by atoms with van der Waals surface area (Å²) in [7, 11) is 1.33. The quantitative estimate of drug-likeness (QED) is 0.199. The number of hydrogen-bond acceptors (Lipinski definition) is 7. The molecule has 10 nitrogen and oxygen atoms in total. The second-order valence-electron chi connectivity index (χ2n) is 4.71. The fraction of sp³-hybridized carbons (Fsp3) is 0.267. The monoisotopic (exact) mass is 348 g/mol. The Morgan fingerprint density at radius 1 is 1.48 bits per heavy atom. The van der Waals surface area contributed by atoms with Crippen LogP contribution in [0.3, 0.4) is 0 Å². The molecule has 25 heavy (non-hydrogen) atoms. The summed E-state index contributed by atoms with van der Waals surface area (Å²) in [5.74, 6) is -1.47. The molecule has 0 saturated heterocycles. The molecule has 0 aliphatic rings. The van der Waals surface area contributed by atoms with E-state index in [0.717, 1.165) is 6.20 Å². The van der Waals surface area contributed by atoms with E-state index in [-0.39, 0.29) is 36.4 Å². The van der Waals surface area contributed by atoms with Crippen LogP contribution in [-0.4, -0.2) is 35.6 Å². The molecule has 0 atom stereocenters. The molecule has 0 bridgehead atoms. The number of carbonyl (C=O) groups is 2. The first-order valence-corrected chi connectivity index (χ1v) is 7.08. The second-order valence-corrected chi connectivity index (χ2v) is 4.71. The first-order chi connectivity index (χ1) is 11.9. The number of nitrogens with zero attached hydrogens (tertiary/aromatic N) is 2. The summed E-state index contributed by atoms with van der Waals surface area (Å²) in [6.07, 6.45) is 1.28. The Hall–Kier alpha value is -3.61. The van der Waals surface area contributed by atoms with E-state index in [4.69, 9.17) is 15.1 Å². The Morgan fingerprint density at radius 3 is 2.76 bits per heavy atom. The lowest BCUT2D eigenvalue weighted by Crippen LogP contribution is -2.26. The normalized spacial score (nSPS) is 10.5. The number of hydrogen-bond donors (Lipinski definition) is 3. The molecule has 0 fully saturated rings. The number of amides is 1. The largest absolute Gasteiger partial charge is 0.494 e. The Balaban J connectivity index is 2.77. The van der Waals surface area contributed by atoms with Crippen LogP contribution in [0.15, 0.2) is 30.0 Å². The number of carboxylic acids is 1. The van der Waals surface area contributed by atoms with Gasteiger partial charge in [-0.3, -0.25) is 19.7 Å². The number of rotatable bonds is 9. The smallest absolute Gasteiger partial charge is 0.303 e. The number of nitriles is 1. The van der Waals surface area contributed by atoms with E-state index in [1.807, 2.05) is 0 Å².